The third kappa shape index (κ3) is 22.8. The Hall–Kier alpha value is -1.87. The summed E-state index contributed by atoms with van der Waals surface area (Å²) in [7, 11) is 0. The zero-order valence-corrected chi connectivity index (χ0v) is 23.7. The molecule has 0 heterocycles. The molecule has 0 aliphatic rings. The van der Waals surface area contributed by atoms with E-state index < -0.39 is 0 Å². The molecule has 0 aliphatic carbocycles. The molecule has 0 saturated heterocycles. The minimum Gasteiger partial charge on any atom is -0.266 e. The average molecular weight is 459 g/mol. The molecule has 1 aromatic carbocycles. The third-order valence-electron chi connectivity index (χ3n) is 4.07. The maximum absolute atomic E-state index is 4.27. The summed E-state index contributed by atoms with van der Waals surface area (Å²) in [6.07, 6.45) is 8.69. The zero-order valence-electron chi connectivity index (χ0n) is 22.8. The Bertz CT molecular complexity index is 714. The first-order valence-corrected chi connectivity index (χ1v) is 12.4. The van der Waals surface area contributed by atoms with Gasteiger partial charge in [-0.15, -0.1) is 0 Å². The van der Waals surface area contributed by atoms with Gasteiger partial charge in [0.25, 0.3) is 0 Å². The molecule has 3 heteroatoms. The van der Waals surface area contributed by atoms with Gasteiger partial charge in [0.05, 0.1) is 0 Å². The van der Waals surface area contributed by atoms with E-state index in [4.69, 9.17) is 0 Å². The molecular weight excluding hydrogens is 408 g/mol. The van der Waals surface area contributed by atoms with E-state index in [1.54, 1.807) is 6.08 Å². The van der Waals surface area contributed by atoms with Crippen molar-refractivity contribution in [3.63, 3.8) is 0 Å². The first kappa shape index (κ1) is 34.7. The summed E-state index contributed by atoms with van der Waals surface area (Å²) < 4.78 is 0. The summed E-state index contributed by atoms with van der Waals surface area (Å²) in [6, 6.07) is 6.57. The van der Waals surface area contributed by atoms with Crippen LogP contribution in [0.5, 0.6) is 0 Å². The van der Waals surface area contributed by atoms with Crippen LogP contribution in [0.15, 0.2) is 64.4 Å². The molecule has 1 rings (SSSR count). The second-order valence-electron chi connectivity index (χ2n) is 7.69. The number of hydrogen-bond donors (Lipinski definition) is 1. The van der Waals surface area contributed by atoms with Gasteiger partial charge in [0, 0.05) is 23.8 Å². The first-order chi connectivity index (χ1) is 15.1. The Morgan fingerprint density at radius 3 is 1.91 bits per heavy atom. The van der Waals surface area contributed by atoms with E-state index in [0.29, 0.717) is 0 Å². The Morgan fingerprint density at radius 1 is 0.938 bits per heavy atom. The maximum atomic E-state index is 4.27. The molecule has 0 atom stereocenters. The molecule has 0 bridgehead atoms. The van der Waals surface area contributed by atoms with E-state index in [1.165, 1.54) is 27.8 Å². The summed E-state index contributed by atoms with van der Waals surface area (Å²) in [4.78, 5) is 8.35. The van der Waals surface area contributed by atoms with Crippen LogP contribution in [0.1, 0.15) is 91.8 Å². The van der Waals surface area contributed by atoms with Crippen molar-refractivity contribution in [1.82, 2.24) is 0 Å². The van der Waals surface area contributed by atoms with Crippen LogP contribution in [-0.4, -0.2) is 17.2 Å². The minimum absolute atomic E-state index is 0.935. The molecule has 0 aromatic heterocycles. The fourth-order valence-corrected chi connectivity index (χ4v) is 2.26. The standard InChI is InChI=1S/C10H17N.C10H14S.C7H13N.C2H6/c1-5-9(4)8-11-10(6-2)7-3;1-8-3-4-9(2)10(7-8)5-6-11;1-6(2)5-8-7(3)4;1-2/h6,8H,2,5,7H2,1,3-4H3;3-4,7,11H,5-6H2,1-2H3;5H,1-4H3;1-2H3/b9-8+,11-10?;;;. The molecule has 182 valence electrons. The number of allylic oxidation sites excluding steroid dienone is 3. The van der Waals surface area contributed by atoms with Gasteiger partial charge >= 0.3 is 0 Å². The normalized spacial score (nSPS) is 10.2. The molecular formula is C29H50N2S. The van der Waals surface area contributed by atoms with Crippen molar-refractivity contribution in [2.24, 2.45) is 9.98 Å². The molecule has 0 spiro atoms. The lowest BCUT2D eigenvalue weighted by Gasteiger charge is -2.04. The van der Waals surface area contributed by atoms with Gasteiger partial charge in [-0.25, -0.2) is 0 Å². The van der Waals surface area contributed by atoms with E-state index >= 15 is 0 Å². The number of aliphatic imine (C=N–C) groups is 2. The number of rotatable bonds is 7. The number of aryl methyl sites for hydroxylation is 3. The highest BCUT2D eigenvalue weighted by Gasteiger charge is 1.96. The van der Waals surface area contributed by atoms with Crippen molar-refractivity contribution in [3.05, 3.63) is 71.1 Å². The zero-order chi connectivity index (χ0) is 25.5. The molecule has 0 amide bonds. The van der Waals surface area contributed by atoms with Crippen molar-refractivity contribution in [1.29, 1.82) is 0 Å². The molecule has 2 nitrogen and oxygen atoms in total. The van der Waals surface area contributed by atoms with Gasteiger partial charge in [-0.2, -0.15) is 12.6 Å². The van der Waals surface area contributed by atoms with Crippen LogP contribution >= 0.6 is 12.6 Å². The van der Waals surface area contributed by atoms with Crippen LogP contribution in [-0.2, 0) is 6.42 Å². The van der Waals surface area contributed by atoms with Crippen LogP contribution in [0.3, 0.4) is 0 Å². The summed E-state index contributed by atoms with van der Waals surface area (Å²) in [5.41, 5.74) is 8.85. The number of nitrogens with zero attached hydrogens (tertiary/aromatic N) is 2. The lowest BCUT2D eigenvalue weighted by atomic mass is 10.0. The van der Waals surface area contributed by atoms with Crippen LogP contribution in [0.2, 0.25) is 0 Å². The minimum atomic E-state index is 0.935. The van der Waals surface area contributed by atoms with Crippen LogP contribution in [0, 0.1) is 13.8 Å². The van der Waals surface area contributed by atoms with Crippen molar-refractivity contribution < 1.29 is 0 Å². The van der Waals surface area contributed by atoms with Crippen molar-refractivity contribution in [3.8, 4) is 0 Å². The first-order valence-electron chi connectivity index (χ1n) is 11.8. The Balaban J connectivity index is -0.000000384. The molecule has 0 radical (unpaired) electrons. The lowest BCUT2D eigenvalue weighted by molar-refractivity contribution is 1.08. The van der Waals surface area contributed by atoms with E-state index in [0.717, 1.165) is 36.4 Å². The van der Waals surface area contributed by atoms with Crippen molar-refractivity contribution in [2.75, 3.05) is 5.75 Å². The quantitative estimate of drug-likeness (QED) is 0.311. The predicted molar refractivity (Wildman–Crippen MR) is 155 cm³/mol. The highest BCUT2D eigenvalue weighted by atomic mass is 32.1. The average Bonchev–Trinajstić information content (AvgIpc) is 2.78. The largest absolute Gasteiger partial charge is 0.266 e. The number of benzene rings is 1. The maximum Gasteiger partial charge on any atom is 0.0394 e. The summed E-state index contributed by atoms with van der Waals surface area (Å²) in [5, 5.41) is 0. The molecule has 0 unspecified atom stereocenters. The molecule has 0 saturated carbocycles. The van der Waals surface area contributed by atoms with E-state index in [1.807, 2.05) is 53.9 Å². The fraction of sp³-hybridized carbons (Fsp3) is 0.517. The molecule has 0 N–H and O–H groups in total. The van der Waals surface area contributed by atoms with Gasteiger partial charge < -0.3 is 0 Å². The van der Waals surface area contributed by atoms with Gasteiger partial charge in [-0.3, -0.25) is 9.98 Å². The monoisotopic (exact) mass is 458 g/mol. The van der Waals surface area contributed by atoms with Gasteiger partial charge in [0.15, 0.2) is 0 Å². The van der Waals surface area contributed by atoms with E-state index in [9.17, 15) is 0 Å². The Labute approximate surface area is 206 Å². The highest BCUT2D eigenvalue weighted by molar-refractivity contribution is 7.80. The summed E-state index contributed by atoms with van der Waals surface area (Å²) in [6.45, 7) is 26.3. The second-order valence-corrected chi connectivity index (χ2v) is 8.14. The van der Waals surface area contributed by atoms with Gasteiger partial charge in [0.1, 0.15) is 0 Å². The number of hydrogen-bond acceptors (Lipinski definition) is 3. The van der Waals surface area contributed by atoms with Crippen LogP contribution < -0.4 is 0 Å². The van der Waals surface area contributed by atoms with Crippen LogP contribution in [0.25, 0.3) is 0 Å². The Morgan fingerprint density at radius 2 is 1.53 bits per heavy atom. The van der Waals surface area contributed by atoms with Gasteiger partial charge in [-0.05, 0) is 90.7 Å². The summed E-state index contributed by atoms with van der Waals surface area (Å²) >= 11 is 4.21. The molecule has 32 heavy (non-hydrogen) atoms. The van der Waals surface area contributed by atoms with Gasteiger partial charge in [-0.1, -0.05) is 69.2 Å². The molecule has 0 aliphatic heterocycles. The SMILES string of the molecule is C=CC(CC)=N/C=C(\C)CC.CC.CC(C)=CN=C(C)C.Cc1ccc(C)c(CCS)c1. The van der Waals surface area contributed by atoms with Gasteiger partial charge in [0.2, 0.25) is 0 Å². The van der Waals surface area contributed by atoms with Crippen LogP contribution in [0.4, 0.5) is 0 Å². The van der Waals surface area contributed by atoms with E-state index in [2.05, 4.69) is 82.0 Å². The topological polar surface area (TPSA) is 24.7 Å². The Kier molecular flexibility index (Phi) is 25.8. The highest BCUT2D eigenvalue weighted by Crippen LogP contribution is 2.11. The lowest BCUT2D eigenvalue weighted by Crippen LogP contribution is -1.90. The third-order valence-corrected chi connectivity index (χ3v) is 4.30. The van der Waals surface area contributed by atoms with Crippen molar-refractivity contribution in [2.45, 2.75) is 95.4 Å². The fourth-order valence-electron chi connectivity index (χ4n) is 2.02. The smallest absolute Gasteiger partial charge is 0.0394 e. The summed E-state index contributed by atoms with van der Waals surface area (Å²) in [5.74, 6) is 0.935. The predicted octanol–water partition coefficient (Wildman–Crippen LogP) is 9.53. The van der Waals surface area contributed by atoms with E-state index in [-0.39, 0.29) is 0 Å². The molecule has 0 fully saturated rings. The number of thiol groups is 1. The second kappa shape index (κ2) is 23.8. The van der Waals surface area contributed by atoms with Crippen molar-refractivity contribution >= 4 is 24.1 Å². The molecule has 1 aromatic rings.